The largest absolute Gasteiger partial charge is 0.496 e. The highest BCUT2D eigenvalue weighted by Gasteiger charge is 2.21. The highest BCUT2D eigenvalue weighted by molar-refractivity contribution is 8.00. The first-order chi connectivity index (χ1) is 15.4. The maximum atomic E-state index is 12.9. The molecule has 1 unspecified atom stereocenters. The zero-order valence-corrected chi connectivity index (χ0v) is 19.1. The molecular formula is C23H25N3O5S. The summed E-state index contributed by atoms with van der Waals surface area (Å²) in [7, 11) is 3.00. The fourth-order valence-electron chi connectivity index (χ4n) is 3.03. The molecule has 0 aliphatic rings. The molecule has 168 valence electrons. The molecule has 2 aromatic carbocycles. The number of nitrogens with one attached hydrogen (secondary N) is 2. The van der Waals surface area contributed by atoms with E-state index in [2.05, 4.69) is 15.8 Å². The first kappa shape index (κ1) is 23.2. The first-order valence-corrected chi connectivity index (χ1v) is 10.9. The van der Waals surface area contributed by atoms with Crippen LogP contribution in [0.3, 0.4) is 0 Å². The van der Waals surface area contributed by atoms with Crippen molar-refractivity contribution in [2.75, 3.05) is 24.9 Å². The smallest absolute Gasteiger partial charge is 0.263 e. The number of thioether (sulfide) groups is 1. The van der Waals surface area contributed by atoms with Crippen LogP contribution in [-0.2, 0) is 4.79 Å². The summed E-state index contributed by atoms with van der Waals surface area (Å²) in [5.41, 5.74) is 0.902. The topological polar surface area (TPSA) is 103 Å². The van der Waals surface area contributed by atoms with Crippen molar-refractivity contribution in [1.29, 1.82) is 0 Å². The van der Waals surface area contributed by atoms with Crippen LogP contribution in [0.2, 0.25) is 0 Å². The third-order valence-electron chi connectivity index (χ3n) is 4.57. The van der Waals surface area contributed by atoms with Gasteiger partial charge in [0.05, 0.1) is 19.5 Å². The van der Waals surface area contributed by atoms with Crippen LogP contribution in [0.15, 0.2) is 57.9 Å². The number of hydrogen-bond acceptors (Lipinski definition) is 7. The van der Waals surface area contributed by atoms with E-state index in [1.165, 1.54) is 26.0 Å². The van der Waals surface area contributed by atoms with Gasteiger partial charge in [-0.15, -0.1) is 11.8 Å². The van der Waals surface area contributed by atoms with Gasteiger partial charge in [0.25, 0.3) is 5.91 Å². The number of hydrogen-bond donors (Lipinski definition) is 2. The molecule has 2 amide bonds. The van der Waals surface area contributed by atoms with Crippen LogP contribution in [0, 0.1) is 6.92 Å². The van der Waals surface area contributed by atoms with Crippen LogP contribution in [0.25, 0.3) is 0 Å². The maximum Gasteiger partial charge on any atom is 0.263 e. The lowest BCUT2D eigenvalue weighted by Gasteiger charge is -2.15. The van der Waals surface area contributed by atoms with E-state index in [1.807, 2.05) is 25.1 Å². The van der Waals surface area contributed by atoms with Crippen molar-refractivity contribution in [2.45, 2.75) is 30.4 Å². The Morgan fingerprint density at radius 3 is 2.34 bits per heavy atom. The Labute approximate surface area is 190 Å². The number of methoxy groups -OCH3 is 2. The molecule has 3 rings (SSSR count). The number of carbonyl (C=O) groups is 2. The van der Waals surface area contributed by atoms with E-state index in [4.69, 9.17) is 14.0 Å². The summed E-state index contributed by atoms with van der Waals surface area (Å²) < 4.78 is 15.6. The van der Waals surface area contributed by atoms with Gasteiger partial charge in [0, 0.05) is 16.6 Å². The average molecular weight is 456 g/mol. The molecule has 2 N–H and O–H groups in total. The number of amides is 2. The predicted octanol–water partition coefficient (Wildman–Crippen LogP) is 4.76. The second kappa shape index (κ2) is 10.7. The van der Waals surface area contributed by atoms with Crippen molar-refractivity contribution in [3.8, 4) is 11.5 Å². The van der Waals surface area contributed by atoms with Gasteiger partial charge >= 0.3 is 0 Å². The van der Waals surface area contributed by atoms with E-state index in [9.17, 15) is 9.59 Å². The van der Waals surface area contributed by atoms with Crippen LogP contribution in [0.5, 0.6) is 11.5 Å². The Morgan fingerprint density at radius 1 is 1.06 bits per heavy atom. The lowest BCUT2D eigenvalue weighted by Crippen LogP contribution is -2.24. The quantitative estimate of drug-likeness (QED) is 0.448. The number of anilines is 2. The molecule has 0 saturated carbocycles. The number of aryl methyl sites for hydroxylation is 1. The van der Waals surface area contributed by atoms with Gasteiger partial charge in [-0.2, -0.15) is 0 Å². The normalized spacial score (nSPS) is 11.5. The maximum absolute atomic E-state index is 12.9. The third kappa shape index (κ3) is 5.61. The number of aromatic nitrogens is 1. The van der Waals surface area contributed by atoms with Gasteiger partial charge in [0.2, 0.25) is 5.91 Å². The van der Waals surface area contributed by atoms with Crippen molar-refractivity contribution in [3.63, 3.8) is 0 Å². The number of carbonyl (C=O) groups excluding carboxylic acids is 2. The molecule has 0 fully saturated rings. The summed E-state index contributed by atoms with van der Waals surface area (Å²) >= 11 is 1.40. The molecule has 0 saturated heterocycles. The van der Waals surface area contributed by atoms with Gasteiger partial charge in [-0.1, -0.05) is 24.2 Å². The lowest BCUT2D eigenvalue weighted by molar-refractivity contribution is -0.115. The third-order valence-corrected chi connectivity index (χ3v) is 5.93. The van der Waals surface area contributed by atoms with Crippen LogP contribution in [0.4, 0.5) is 11.5 Å². The number of nitrogens with zero attached hydrogens (tertiary/aromatic N) is 1. The van der Waals surface area contributed by atoms with Gasteiger partial charge in [-0.25, -0.2) is 0 Å². The van der Waals surface area contributed by atoms with Gasteiger partial charge in [0.1, 0.15) is 22.8 Å². The summed E-state index contributed by atoms with van der Waals surface area (Å²) in [5.74, 6) is 1.32. The summed E-state index contributed by atoms with van der Waals surface area (Å²) in [4.78, 5) is 26.4. The monoisotopic (exact) mass is 455 g/mol. The van der Waals surface area contributed by atoms with Gasteiger partial charge in [-0.3, -0.25) is 9.59 Å². The summed E-state index contributed by atoms with van der Waals surface area (Å²) in [6.07, 6.45) is 0.613. The molecule has 32 heavy (non-hydrogen) atoms. The van der Waals surface area contributed by atoms with E-state index in [-0.39, 0.29) is 17.1 Å². The molecule has 0 bridgehead atoms. The molecule has 0 aliphatic carbocycles. The lowest BCUT2D eigenvalue weighted by atomic mass is 10.1. The van der Waals surface area contributed by atoms with Crippen LogP contribution >= 0.6 is 11.8 Å². The van der Waals surface area contributed by atoms with Gasteiger partial charge in [0.15, 0.2) is 5.82 Å². The van der Waals surface area contributed by atoms with Crippen molar-refractivity contribution in [3.05, 3.63) is 59.9 Å². The molecular weight excluding hydrogens is 430 g/mol. The van der Waals surface area contributed by atoms with Gasteiger partial charge in [-0.05, 0) is 43.7 Å². The summed E-state index contributed by atoms with van der Waals surface area (Å²) in [5, 5.41) is 9.10. The summed E-state index contributed by atoms with van der Waals surface area (Å²) in [6, 6.07) is 14.1. The summed E-state index contributed by atoms with van der Waals surface area (Å²) in [6.45, 7) is 3.69. The SMILES string of the molecule is CCC(Sc1cccc(NC(=O)c2c(OC)cccc2OC)c1)C(=O)Nc1cc(C)on1. The Balaban J connectivity index is 1.72. The second-order valence-electron chi connectivity index (χ2n) is 6.85. The van der Waals surface area contributed by atoms with E-state index in [1.54, 1.807) is 37.3 Å². The molecule has 0 spiro atoms. The highest BCUT2D eigenvalue weighted by atomic mass is 32.2. The Bertz CT molecular complexity index is 1080. The molecule has 8 nitrogen and oxygen atoms in total. The molecule has 1 heterocycles. The zero-order chi connectivity index (χ0) is 23.1. The van der Waals surface area contributed by atoms with E-state index < -0.39 is 0 Å². The van der Waals surface area contributed by atoms with Crippen LogP contribution < -0.4 is 20.1 Å². The number of benzene rings is 2. The standard InChI is InChI=1S/C23H25N3O5S/c1-5-19(22(27)25-20-12-14(2)31-26-20)32-16-9-6-8-15(13-16)24-23(28)21-17(29-3)10-7-11-18(21)30-4/h6-13,19H,5H2,1-4H3,(H,24,28)(H,25,26,27). The Kier molecular flexibility index (Phi) is 7.77. The molecule has 9 heteroatoms. The fraction of sp³-hybridized carbons (Fsp3) is 0.261. The van der Waals surface area contributed by atoms with E-state index in [0.29, 0.717) is 40.7 Å². The van der Waals surface area contributed by atoms with Crippen LogP contribution in [-0.4, -0.2) is 36.4 Å². The molecule has 0 radical (unpaired) electrons. The van der Waals surface area contributed by atoms with Crippen molar-refractivity contribution in [2.24, 2.45) is 0 Å². The molecule has 1 atom stereocenters. The minimum atomic E-state index is -0.354. The van der Waals surface area contributed by atoms with Crippen molar-refractivity contribution in [1.82, 2.24) is 5.16 Å². The second-order valence-corrected chi connectivity index (χ2v) is 8.12. The van der Waals surface area contributed by atoms with E-state index in [0.717, 1.165) is 4.90 Å². The minimum Gasteiger partial charge on any atom is -0.496 e. The molecule has 0 aliphatic heterocycles. The average Bonchev–Trinajstić information content (AvgIpc) is 3.21. The zero-order valence-electron chi connectivity index (χ0n) is 18.3. The minimum absolute atomic E-state index is 0.168. The Hall–Kier alpha value is -3.46. The number of rotatable bonds is 9. The molecule has 1 aromatic heterocycles. The highest BCUT2D eigenvalue weighted by Crippen LogP contribution is 2.31. The van der Waals surface area contributed by atoms with E-state index >= 15 is 0 Å². The fourth-order valence-corrected chi connectivity index (χ4v) is 4.05. The van der Waals surface area contributed by atoms with Gasteiger partial charge < -0.3 is 24.6 Å². The van der Waals surface area contributed by atoms with Crippen LogP contribution in [0.1, 0.15) is 29.5 Å². The van der Waals surface area contributed by atoms with Crippen molar-refractivity contribution < 1.29 is 23.6 Å². The molecule has 3 aromatic rings. The Morgan fingerprint density at radius 2 is 1.75 bits per heavy atom. The van der Waals surface area contributed by atoms with Crippen molar-refractivity contribution >= 4 is 35.1 Å². The number of ether oxygens (including phenoxy) is 2. The first-order valence-electron chi connectivity index (χ1n) is 9.98. The predicted molar refractivity (Wildman–Crippen MR) is 124 cm³/mol.